The molecule has 26 heavy (non-hydrogen) atoms. The van der Waals surface area contributed by atoms with Crippen LogP contribution in [0.15, 0.2) is 35.3 Å². The molecule has 0 amide bonds. The van der Waals surface area contributed by atoms with E-state index in [-0.39, 0.29) is 0 Å². The molecule has 1 aromatic carbocycles. The van der Waals surface area contributed by atoms with Crippen LogP contribution in [0.4, 0.5) is 0 Å². The summed E-state index contributed by atoms with van der Waals surface area (Å²) in [6, 6.07) is 11.5. The summed E-state index contributed by atoms with van der Waals surface area (Å²) in [5.74, 6) is 1.51. The summed E-state index contributed by atoms with van der Waals surface area (Å²) in [5.41, 5.74) is 5.10. The Hall–Kier alpha value is -2.30. The molecular formula is C21H31N5. The monoisotopic (exact) mass is 353 g/mol. The Kier molecular flexibility index (Phi) is 5.64. The molecule has 1 aliphatic rings. The standard InChI is InChI=1S/C21H31N5/c1-6-22-21(24-20-13-19(20)17-10-8-7-9-11-17)23-14(2)12-18-15(3)25-26(5)16(18)4/h7-11,14,19-20H,6,12-13H2,1-5H3,(H2,22,23,24). The number of aryl methyl sites for hydroxylation is 2. The molecule has 0 spiro atoms. The fourth-order valence-corrected chi connectivity index (χ4v) is 3.59. The molecule has 0 bridgehead atoms. The molecule has 0 aliphatic heterocycles. The minimum atomic E-state index is 0.295. The van der Waals surface area contributed by atoms with Crippen LogP contribution in [-0.2, 0) is 13.5 Å². The van der Waals surface area contributed by atoms with Crippen LogP contribution in [0.3, 0.4) is 0 Å². The van der Waals surface area contributed by atoms with Gasteiger partial charge in [0.1, 0.15) is 0 Å². The highest BCUT2D eigenvalue weighted by atomic mass is 15.3. The average molecular weight is 354 g/mol. The zero-order chi connectivity index (χ0) is 18.7. The number of hydrogen-bond donors (Lipinski definition) is 2. The number of aromatic nitrogens is 2. The SMILES string of the molecule is CCN=C(NC(C)Cc1c(C)nn(C)c1C)NC1CC1c1ccccc1. The summed E-state index contributed by atoms with van der Waals surface area (Å²) in [5, 5.41) is 11.7. The van der Waals surface area contributed by atoms with E-state index < -0.39 is 0 Å². The number of nitrogens with zero attached hydrogens (tertiary/aromatic N) is 3. The lowest BCUT2D eigenvalue weighted by Gasteiger charge is -2.19. The van der Waals surface area contributed by atoms with Gasteiger partial charge in [0, 0.05) is 37.3 Å². The summed E-state index contributed by atoms with van der Waals surface area (Å²) < 4.78 is 1.96. The van der Waals surface area contributed by atoms with Crippen LogP contribution >= 0.6 is 0 Å². The van der Waals surface area contributed by atoms with Crippen LogP contribution in [0, 0.1) is 13.8 Å². The normalized spacial score (nSPS) is 20.7. The van der Waals surface area contributed by atoms with Crippen LogP contribution in [0.2, 0.25) is 0 Å². The third-order valence-electron chi connectivity index (χ3n) is 5.21. The van der Waals surface area contributed by atoms with Crippen molar-refractivity contribution in [3.8, 4) is 0 Å². The maximum absolute atomic E-state index is 4.64. The van der Waals surface area contributed by atoms with E-state index >= 15 is 0 Å². The van der Waals surface area contributed by atoms with Crippen molar-refractivity contribution < 1.29 is 0 Å². The van der Waals surface area contributed by atoms with Crippen LogP contribution in [0.5, 0.6) is 0 Å². The molecule has 5 heteroatoms. The number of nitrogens with one attached hydrogen (secondary N) is 2. The number of aliphatic imine (C=N–C) groups is 1. The third kappa shape index (κ3) is 4.26. The highest BCUT2D eigenvalue weighted by Crippen LogP contribution is 2.40. The van der Waals surface area contributed by atoms with Crippen LogP contribution in [-0.4, -0.2) is 34.4 Å². The van der Waals surface area contributed by atoms with Crippen molar-refractivity contribution in [2.24, 2.45) is 12.0 Å². The number of rotatable bonds is 6. The second-order valence-electron chi connectivity index (χ2n) is 7.35. The molecule has 3 rings (SSSR count). The minimum Gasteiger partial charge on any atom is -0.354 e. The summed E-state index contributed by atoms with van der Waals surface area (Å²) in [4.78, 5) is 4.64. The number of hydrogen-bond acceptors (Lipinski definition) is 2. The molecule has 1 saturated carbocycles. The van der Waals surface area contributed by atoms with E-state index in [4.69, 9.17) is 0 Å². The minimum absolute atomic E-state index is 0.295. The molecule has 5 nitrogen and oxygen atoms in total. The van der Waals surface area contributed by atoms with Gasteiger partial charge in [0.15, 0.2) is 5.96 Å². The first kappa shape index (κ1) is 18.5. The average Bonchev–Trinajstić information content (AvgIpc) is 3.34. The largest absolute Gasteiger partial charge is 0.354 e. The van der Waals surface area contributed by atoms with Gasteiger partial charge in [0.25, 0.3) is 0 Å². The molecule has 3 unspecified atom stereocenters. The third-order valence-corrected chi connectivity index (χ3v) is 5.21. The van der Waals surface area contributed by atoms with Gasteiger partial charge in [0.05, 0.1) is 5.69 Å². The first-order valence-electron chi connectivity index (χ1n) is 9.61. The van der Waals surface area contributed by atoms with E-state index in [9.17, 15) is 0 Å². The summed E-state index contributed by atoms with van der Waals surface area (Å²) >= 11 is 0. The number of benzene rings is 1. The second kappa shape index (κ2) is 7.94. The van der Waals surface area contributed by atoms with E-state index in [2.05, 4.69) is 78.8 Å². The Morgan fingerprint density at radius 2 is 2.04 bits per heavy atom. The Labute approximate surface area is 156 Å². The summed E-state index contributed by atoms with van der Waals surface area (Å²) in [6.07, 6.45) is 2.12. The van der Waals surface area contributed by atoms with Crippen molar-refractivity contribution in [2.45, 2.75) is 58.5 Å². The lowest BCUT2D eigenvalue weighted by Crippen LogP contribution is -2.44. The van der Waals surface area contributed by atoms with Gasteiger partial charge in [-0.1, -0.05) is 30.3 Å². The molecule has 2 N–H and O–H groups in total. The Balaban J connectivity index is 1.58. The van der Waals surface area contributed by atoms with Gasteiger partial charge in [-0.3, -0.25) is 9.67 Å². The first-order chi connectivity index (χ1) is 12.5. The summed E-state index contributed by atoms with van der Waals surface area (Å²) in [7, 11) is 2.01. The second-order valence-corrected chi connectivity index (χ2v) is 7.35. The molecular weight excluding hydrogens is 322 g/mol. The van der Waals surface area contributed by atoms with E-state index in [1.165, 1.54) is 23.2 Å². The maximum Gasteiger partial charge on any atom is 0.191 e. The number of guanidine groups is 1. The summed E-state index contributed by atoms with van der Waals surface area (Å²) in [6.45, 7) is 9.28. The maximum atomic E-state index is 4.64. The topological polar surface area (TPSA) is 54.2 Å². The van der Waals surface area contributed by atoms with Crippen molar-refractivity contribution >= 4 is 5.96 Å². The van der Waals surface area contributed by atoms with Gasteiger partial charge in [-0.05, 0) is 51.7 Å². The molecule has 1 fully saturated rings. The van der Waals surface area contributed by atoms with Crippen molar-refractivity contribution in [1.82, 2.24) is 20.4 Å². The van der Waals surface area contributed by atoms with Crippen LogP contribution in [0.25, 0.3) is 0 Å². The molecule has 140 valence electrons. The highest BCUT2D eigenvalue weighted by Gasteiger charge is 2.39. The van der Waals surface area contributed by atoms with Crippen LogP contribution < -0.4 is 10.6 Å². The zero-order valence-corrected chi connectivity index (χ0v) is 16.6. The molecule has 1 aliphatic carbocycles. The van der Waals surface area contributed by atoms with Gasteiger partial charge in [-0.25, -0.2) is 0 Å². The quantitative estimate of drug-likeness (QED) is 0.620. The Morgan fingerprint density at radius 3 is 2.65 bits per heavy atom. The first-order valence-corrected chi connectivity index (χ1v) is 9.61. The Bertz CT molecular complexity index is 762. The lowest BCUT2D eigenvalue weighted by molar-refractivity contribution is 0.632. The van der Waals surface area contributed by atoms with Gasteiger partial charge in [0.2, 0.25) is 0 Å². The lowest BCUT2D eigenvalue weighted by atomic mass is 10.1. The fraction of sp³-hybridized carbons (Fsp3) is 0.524. The van der Waals surface area contributed by atoms with Gasteiger partial charge >= 0.3 is 0 Å². The van der Waals surface area contributed by atoms with Crippen molar-refractivity contribution in [3.05, 3.63) is 52.8 Å². The van der Waals surface area contributed by atoms with Gasteiger partial charge in [-0.15, -0.1) is 0 Å². The Morgan fingerprint density at radius 1 is 1.31 bits per heavy atom. The predicted molar refractivity (Wildman–Crippen MR) is 108 cm³/mol. The van der Waals surface area contributed by atoms with E-state index in [1.54, 1.807) is 0 Å². The zero-order valence-electron chi connectivity index (χ0n) is 16.6. The molecule has 3 atom stereocenters. The van der Waals surface area contributed by atoms with Gasteiger partial charge < -0.3 is 10.6 Å². The van der Waals surface area contributed by atoms with Gasteiger partial charge in [-0.2, -0.15) is 5.10 Å². The molecule has 1 aromatic heterocycles. The highest BCUT2D eigenvalue weighted by molar-refractivity contribution is 5.81. The van der Waals surface area contributed by atoms with Crippen molar-refractivity contribution in [1.29, 1.82) is 0 Å². The molecule has 0 radical (unpaired) electrons. The van der Waals surface area contributed by atoms with Crippen LogP contribution in [0.1, 0.15) is 48.7 Å². The molecule has 0 saturated heterocycles. The fourth-order valence-electron chi connectivity index (χ4n) is 3.59. The van der Waals surface area contributed by atoms with Crippen molar-refractivity contribution in [3.63, 3.8) is 0 Å². The predicted octanol–water partition coefficient (Wildman–Crippen LogP) is 3.08. The smallest absolute Gasteiger partial charge is 0.191 e. The van der Waals surface area contributed by atoms with E-state index in [0.717, 1.165) is 24.6 Å². The molecule has 2 aromatic rings. The van der Waals surface area contributed by atoms with E-state index in [1.807, 2.05) is 11.7 Å². The van der Waals surface area contributed by atoms with E-state index in [0.29, 0.717) is 18.0 Å². The van der Waals surface area contributed by atoms with Crippen molar-refractivity contribution in [2.75, 3.05) is 6.54 Å². The molecule has 1 heterocycles.